The summed E-state index contributed by atoms with van der Waals surface area (Å²) >= 11 is 10.8. The van der Waals surface area contributed by atoms with Crippen molar-refractivity contribution in [2.45, 2.75) is 0 Å². The minimum absolute atomic E-state index is 0.699. The molecule has 0 bridgehead atoms. The van der Waals surface area contributed by atoms with Crippen LogP contribution in [0.4, 0.5) is 0 Å². The van der Waals surface area contributed by atoms with Crippen LogP contribution in [0.3, 0.4) is 0 Å². The molecule has 0 atom stereocenters. The zero-order valence-corrected chi connectivity index (χ0v) is 11.6. The summed E-state index contributed by atoms with van der Waals surface area (Å²) in [6.07, 6.45) is 2.68. The van der Waals surface area contributed by atoms with E-state index >= 15 is 0 Å². The number of aromatic nitrogens is 2. The Labute approximate surface area is 118 Å². The number of rotatable bonds is 2. The van der Waals surface area contributed by atoms with Gasteiger partial charge in [-0.3, -0.25) is 10.2 Å². The molecule has 0 spiro atoms. The van der Waals surface area contributed by atoms with Gasteiger partial charge in [-0.25, -0.2) is 4.79 Å². The molecule has 0 saturated carbocycles. The number of carboxylic acid groups (broad SMARTS) is 1. The van der Waals surface area contributed by atoms with Crippen LogP contribution in [0.15, 0.2) is 36.4 Å². The van der Waals surface area contributed by atoms with Crippen molar-refractivity contribution in [1.82, 2.24) is 10.2 Å². The van der Waals surface area contributed by atoms with Crippen molar-refractivity contribution >= 4 is 47.8 Å². The van der Waals surface area contributed by atoms with Gasteiger partial charge in [0.15, 0.2) is 7.91 Å². The molecule has 18 heavy (non-hydrogen) atoms. The molecule has 1 aromatic carbocycles. The van der Waals surface area contributed by atoms with Crippen molar-refractivity contribution in [3.63, 3.8) is 0 Å². The third kappa shape index (κ3) is 6.24. The number of carbonyl (C=O) groups is 1. The van der Waals surface area contributed by atoms with Gasteiger partial charge in [0.25, 0.3) is 0 Å². The summed E-state index contributed by atoms with van der Waals surface area (Å²) in [7, 11) is 0. The van der Waals surface area contributed by atoms with Crippen molar-refractivity contribution in [3.05, 3.63) is 49.9 Å². The molecule has 0 unspecified atom stereocenters. The van der Waals surface area contributed by atoms with Crippen LogP contribution in [-0.4, -0.2) is 21.3 Å². The van der Waals surface area contributed by atoms with Crippen LogP contribution in [0.25, 0.3) is 6.08 Å². The van der Waals surface area contributed by atoms with Crippen molar-refractivity contribution in [2.24, 2.45) is 0 Å². The van der Waals surface area contributed by atoms with Gasteiger partial charge < -0.3 is 5.11 Å². The number of hydrogen-bond donors (Lipinski definition) is 3. The standard InChI is InChI=1S/C9H8O2.C2H2N2S3/c10-9(11)7-6-8-4-2-1-3-5-8;5-1-3-4-2(6)7-1/h1-7H,(H,10,11);(H,3,5)(H,4,6). The third-order valence-corrected chi connectivity index (χ3v) is 2.95. The van der Waals surface area contributed by atoms with Gasteiger partial charge in [-0.1, -0.05) is 41.7 Å². The van der Waals surface area contributed by atoms with E-state index < -0.39 is 5.97 Å². The molecule has 0 amide bonds. The fraction of sp³-hybridized carbons (Fsp3) is 0. The van der Waals surface area contributed by atoms with E-state index in [9.17, 15) is 4.79 Å². The van der Waals surface area contributed by atoms with Crippen LogP contribution in [0.2, 0.25) is 0 Å². The highest BCUT2D eigenvalue weighted by Crippen LogP contribution is 1.99. The van der Waals surface area contributed by atoms with E-state index in [1.54, 1.807) is 6.08 Å². The molecule has 94 valence electrons. The van der Waals surface area contributed by atoms with Gasteiger partial charge in [-0.2, -0.15) is 0 Å². The van der Waals surface area contributed by atoms with E-state index in [0.717, 1.165) is 11.6 Å². The molecule has 1 heterocycles. The van der Waals surface area contributed by atoms with Crippen LogP contribution >= 0.6 is 35.8 Å². The molecule has 0 radical (unpaired) electrons. The maximum Gasteiger partial charge on any atom is 0.328 e. The van der Waals surface area contributed by atoms with Crippen molar-refractivity contribution in [1.29, 1.82) is 0 Å². The van der Waals surface area contributed by atoms with Crippen LogP contribution in [0.1, 0.15) is 5.56 Å². The van der Waals surface area contributed by atoms with Crippen LogP contribution < -0.4 is 0 Å². The van der Waals surface area contributed by atoms with E-state index in [-0.39, 0.29) is 0 Å². The molecule has 7 heteroatoms. The summed E-state index contributed by atoms with van der Waals surface area (Å²) in [6, 6.07) is 9.31. The van der Waals surface area contributed by atoms with Gasteiger partial charge in [0.05, 0.1) is 0 Å². The van der Waals surface area contributed by atoms with Gasteiger partial charge in [0.2, 0.25) is 0 Å². The minimum Gasteiger partial charge on any atom is -0.478 e. The Bertz CT molecular complexity index is 601. The first-order valence-electron chi connectivity index (χ1n) is 4.82. The topological polar surface area (TPSA) is 68.9 Å². The number of aliphatic carboxylic acids is 1. The Morgan fingerprint density at radius 2 is 1.72 bits per heavy atom. The Kier molecular flexibility index (Phi) is 6.20. The molecule has 0 aliphatic carbocycles. The average Bonchev–Trinajstić information content (AvgIpc) is 2.73. The predicted octanol–water partition coefficient (Wildman–Crippen LogP) is 3.65. The zero-order chi connectivity index (χ0) is 13.4. The summed E-state index contributed by atoms with van der Waals surface area (Å²) in [5.41, 5.74) is 0.898. The first-order valence-corrected chi connectivity index (χ1v) is 6.45. The smallest absolute Gasteiger partial charge is 0.328 e. The average molecular weight is 298 g/mol. The molecule has 2 aromatic rings. The highest BCUT2D eigenvalue weighted by atomic mass is 32.2. The quantitative estimate of drug-likeness (QED) is 0.585. The largest absolute Gasteiger partial charge is 0.478 e. The van der Waals surface area contributed by atoms with Gasteiger partial charge >= 0.3 is 5.97 Å². The Morgan fingerprint density at radius 1 is 1.17 bits per heavy atom. The molecule has 1 aromatic heterocycles. The van der Waals surface area contributed by atoms with E-state index in [1.807, 2.05) is 30.3 Å². The van der Waals surface area contributed by atoms with Crippen molar-refractivity contribution in [3.8, 4) is 0 Å². The van der Waals surface area contributed by atoms with E-state index in [0.29, 0.717) is 7.91 Å². The van der Waals surface area contributed by atoms with Crippen LogP contribution in [0, 0.1) is 7.91 Å². The molecule has 0 saturated heterocycles. The van der Waals surface area contributed by atoms with Crippen LogP contribution in [-0.2, 0) is 4.79 Å². The lowest BCUT2D eigenvalue weighted by molar-refractivity contribution is -0.131. The SMILES string of the molecule is O=C(O)C=Cc1ccccc1.S=c1[nH][nH]c(=S)s1. The second-order valence-corrected chi connectivity index (χ2v) is 5.36. The first-order chi connectivity index (χ1) is 8.58. The molecular weight excluding hydrogens is 288 g/mol. The maximum absolute atomic E-state index is 10.1. The summed E-state index contributed by atoms with van der Waals surface area (Å²) < 4.78 is 1.40. The van der Waals surface area contributed by atoms with Crippen LogP contribution in [0.5, 0.6) is 0 Å². The van der Waals surface area contributed by atoms with E-state index in [2.05, 4.69) is 10.2 Å². The number of nitrogens with one attached hydrogen (secondary N) is 2. The zero-order valence-electron chi connectivity index (χ0n) is 9.12. The number of hydrogen-bond acceptors (Lipinski definition) is 4. The van der Waals surface area contributed by atoms with E-state index in [4.69, 9.17) is 29.5 Å². The summed E-state index contributed by atoms with van der Waals surface area (Å²) in [5.74, 6) is -0.922. The highest BCUT2D eigenvalue weighted by Gasteiger charge is 1.85. The molecular formula is C11H10N2O2S3. The molecule has 0 fully saturated rings. The number of carboxylic acids is 1. The lowest BCUT2D eigenvalue weighted by Crippen LogP contribution is -1.85. The Hall–Kier alpha value is -1.57. The summed E-state index contributed by atoms with van der Waals surface area (Å²) in [6.45, 7) is 0. The van der Waals surface area contributed by atoms with Gasteiger partial charge in [0, 0.05) is 6.08 Å². The van der Waals surface area contributed by atoms with E-state index in [1.165, 1.54) is 11.3 Å². The second-order valence-electron chi connectivity index (χ2n) is 3.01. The van der Waals surface area contributed by atoms with Gasteiger partial charge in [-0.05, 0) is 36.1 Å². The highest BCUT2D eigenvalue weighted by molar-refractivity contribution is 7.75. The monoisotopic (exact) mass is 298 g/mol. The number of benzene rings is 1. The normalized spacial score (nSPS) is 9.78. The lowest BCUT2D eigenvalue weighted by atomic mass is 10.2. The second kappa shape index (κ2) is 7.70. The molecule has 0 aliphatic rings. The fourth-order valence-electron chi connectivity index (χ4n) is 0.969. The minimum atomic E-state index is -0.922. The van der Waals surface area contributed by atoms with Crippen molar-refractivity contribution in [2.75, 3.05) is 0 Å². The first kappa shape index (κ1) is 14.5. The Morgan fingerprint density at radius 3 is 2.11 bits per heavy atom. The molecule has 2 rings (SSSR count). The summed E-state index contributed by atoms with van der Waals surface area (Å²) in [4.78, 5) is 10.1. The summed E-state index contributed by atoms with van der Waals surface area (Å²) in [5, 5.41) is 13.6. The third-order valence-electron chi connectivity index (χ3n) is 1.67. The lowest BCUT2D eigenvalue weighted by Gasteiger charge is -1.87. The Balaban J connectivity index is 0.000000199. The predicted molar refractivity (Wildman–Crippen MR) is 77.8 cm³/mol. The van der Waals surface area contributed by atoms with Crippen molar-refractivity contribution < 1.29 is 9.90 Å². The maximum atomic E-state index is 10.1. The molecule has 4 nitrogen and oxygen atoms in total. The fourth-order valence-corrected chi connectivity index (χ4v) is 2.10. The molecule has 0 aliphatic heterocycles. The van der Waals surface area contributed by atoms with Gasteiger partial charge in [0.1, 0.15) is 0 Å². The number of H-pyrrole nitrogens is 2. The molecule has 3 N–H and O–H groups in total. The van der Waals surface area contributed by atoms with Gasteiger partial charge in [-0.15, -0.1) is 0 Å². The number of aromatic amines is 2.